The Kier molecular flexibility index (Phi) is 4.35. The zero-order valence-corrected chi connectivity index (χ0v) is 13.1. The summed E-state index contributed by atoms with van der Waals surface area (Å²) in [5.74, 6) is 0.578. The van der Waals surface area contributed by atoms with E-state index in [0.29, 0.717) is 37.7 Å². The third-order valence-corrected chi connectivity index (χ3v) is 4.45. The summed E-state index contributed by atoms with van der Waals surface area (Å²) in [6.45, 7) is 3.12. The molecule has 3 heterocycles. The van der Waals surface area contributed by atoms with Gasteiger partial charge in [-0.25, -0.2) is 4.98 Å². The van der Waals surface area contributed by atoms with E-state index in [1.165, 1.54) is 6.07 Å². The van der Waals surface area contributed by atoms with Gasteiger partial charge < -0.3 is 14.6 Å². The topological polar surface area (TPSA) is 75.3 Å². The Labute approximate surface area is 131 Å². The lowest BCUT2D eigenvalue weighted by Gasteiger charge is -2.35. The molecule has 0 spiro atoms. The summed E-state index contributed by atoms with van der Waals surface area (Å²) in [6, 6.07) is 5.03. The minimum atomic E-state index is -0.304. The number of aromatic nitrogens is 2. The number of hydrogen-bond donors (Lipinski definition) is 1. The molecule has 1 atom stereocenters. The Balaban J connectivity index is 1.84. The Morgan fingerprint density at radius 3 is 3.18 bits per heavy atom. The number of rotatable bonds is 3. The number of nitrogens with zero attached hydrogens (tertiary/aromatic N) is 2. The van der Waals surface area contributed by atoms with E-state index in [0.717, 1.165) is 4.88 Å². The lowest BCUT2D eigenvalue weighted by Crippen LogP contribution is -2.44. The molecule has 2 aromatic rings. The van der Waals surface area contributed by atoms with Crippen LogP contribution in [0.15, 0.2) is 28.4 Å². The van der Waals surface area contributed by atoms with Crippen molar-refractivity contribution in [3.8, 4) is 0 Å². The molecule has 116 valence electrons. The molecule has 0 saturated carbocycles. The van der Waals surface area contributed by atoms with Crippen LogP contribution in [0.3, 0.4) is 0 Å². The van der Waals surface area contributed by atoms with Gasteiger partial charge in [0.05, 0.1) is 31.4 Å². The molecule has 1 amide bonds. The maximum atomic E-state index is 12.6. The van der Waals surface area contributed by atoms with Crippen molar-refractivity contribution in [2.45, 2.75) is 19.4 Å². The van der Waals surface area contributed by atoms with E-state index >= 15 is 0 Å². The van der Waals surface area contributed by atoms with Crippen LogP contribution in [0.2, 0.25) is 0 Å². The lowest BCUT2D eigenvalue weighted by molar-refractivity contribution is -0.139. The first-order valence-corrected chi connectivity index (χ1v) is 7.99. The molecule has 1 N–H and O–H groups in total. The van der Waals surface area contributed by atoms with Gasteiger partial charge in [-0.15, -0.1) is 11.3 Å². The second kappa shape index (κ2) is 6.41. The largest absolute Gasteiger partial charge is 0.377 e. The number of carbonyl (C=O) groups excluding carboxylic acids is 1. The molecule has 1 saturated heterocycles. The van der Waals surface area contributed by atoms with Crippen molar-refractivity contribution < 1.29 is 9.53 Å². The number of aromatic amines is 1. The van der Waals surface area contributed by atoms with Gasteiger partial charge in [0.1, 0.15) is 5.82 Å². The third kappa shape index (κ3) is 3.26. The molecule has 1 aliphatic heterocycles. The van der Waals surface area contributed by atoms with E-state index in [9.17, 15) is 9.59 Å². The quantitative estimate of drug-likeness (QED) is 0.925. The fourth-order valence-corrected chi connectivity index (χ4v) is 3.28. The van der Waals surface area contributed by atoms with Crippen LogP contribution in [0.25, 0.3) is 0 Å². The molecule has 0 unspecified atom stereocenters. The van der Waals surface area contributed by atoms with Gasteiger partial charge in [0.15, 0.2) is 0 Å². The summed E-state index contributed by atoms with van der Waals surface area (Å²) >= 11 is 1.57. The average Bonchev–Trinajstić information content (AvgIpc) is 2.99. The van der Waals surface area contributed by atoms with Gasteiger partial charge in [-0.3, -0.25) is 9.59 Å². The Bertz CT molecular complexity index is 711. The zero-order valence-electron chi connectivity index (χ0n) is 12.2. The Morgan fingerprint density at radius 1 is 1.59 bits per heavy atom. The smallest absolute Gasteiger partial charge is 0.251 e. The SMILES string of the molecule is Cc1nc([C@H]2COCCN2C(=O)Cc2cccs2)cc(=O)[nH]1. The van der Waals surface area contributed by atoms with E-state index in [4.69, 9.17) is 4.74 Å². The summed E-state index contributed by atoms with van der Waals surface area (Å²) in [6.07, 6.45) is 0.371. The molecule has 2 aromatic heterocycles. The Hall–Kier alpha value is -1.99. The number of thiophene rings is 1. The van der Waals surface area contributed by atoms with Crippen molar-refractivity contribution in [2.24, 2.45) is 0 Å². The predicted molar refractivity (Wildman–Crippen MR) is 82.9 cm³/mol. The summed E-state index contributed by atoms with van der Waals surface area (Å²) in [5.41, 5.74) is 0.374. The van der Waals surface area contributed by atoms with Crippen LogP contribution < -0.4 is 5.56 Å². The molecule has 0 aromatic carbocycles. The first-order chi connectivity index (χ1) is 10.6. The minimum Gasteiger partial charge on any atom is -0.377 e. The highest BCUT2D eigenvalue weighted by Gasteiger charge is 2.30. The number of carbonyl (C=O) groups is 1. The minimum absolute atomic E-state index is 0.0375. The number of morpholine rings is 1. The van der Waals surface area contributed by atoms with Gasteiger partial charge >= 0.3 is 0 Å². The maximum Gasteiger partial charge on any atom is 0.251 e. The Morgan fingerprint density at radius 2 is 2.45 bits per heavy atom. The van der Waals surface area contributed by atoms with E-state index in [1.54, 1.807) is 23.2 Å². The normalized spacial score (nSPS) is 18.4. The zero-order chi connectivity index (χ0) is 15.5. The van der Waals surface area contributed by atoms with Gasteiger partial charge in [-0.2, -0.15) is 0 Å². The van der Waals surface area contributed by atoms with Crippen LogP contribution in [0, 0.1) is 6.92 Å². The number of amides is 1. The molecular weight excluding hydrogens is 302 g/mol. The summed E-state index contributed by atoms with van der Waals surface area (Å²) in [7, 11) is 0. The molecular formula is C15H17N3O3S. The first kappa shape index (κ1) is 14.9. The highest BCUT2D eigenvalue weighted by atomic mass is 32.1. The van der Waals surface area contributed by atoms with Gasteiger partial charge in [0.25, 0.3) is 5.56 Å². The molecule has 0 bridgehead atoms. The van der Waals surface area contributed by atoms with Gasteiger partial charge in [0.2, 0.25) is 5.91 Å². The van der Waals surface area contributed by atoms with Crippen molar-refractivity contribution >= 4 is 17.2 Å². The van der Waals surface area contributed by atoms with Crippen LogP contribution in [0.1, 0.15) is 22.4 Å². The number of aryl methyl sites for hydroxylation is 1. The van der Waals surface area contributed by atoms with Crippen LogP contribution >= 0.6 is 11.3 Å². The number of hydrogen-bond acceptors (Lipinski definition) is 5. The van der Waals surface area contributed by atoms with Crippen molar-refractivity contribution in [2.75, 3.05) is 19.8 Å². The molecule has 1 aliphatic rings. The fraction of sp³-hybridized carbons (Fsp3) is 0.400. The van der Waals surface area contributed by atoms with Crippen molar-refractivity contribution in [3.63, 3.8) is 0 Å². The van der Waals surface area contributed by atoms with Gasteiger partial charge in [-0.1, -0.05) is 6.07 Å². The maximum absolute atomic E-state index is 12.6. The van der Waals surface area contributed by atoms with Crippen molar-refractivity contribution in [1.29, 1.82) is 0 Å². The second-order valence-corrected chi connectivity index (χ2v) is 6.22. The highest BCUT2D eigenvalue weighted by Crippen LogP contribution is 2.23. The van der Waals surface area contributed by atoms with Crippen LogP contribution in [0.5, 0.6) is 0 Å². The highest BCUT2D eigenvalue weighted by molar-refractivity contribution is 7.10. The monoisotopic (exact) mass is 319 g/mol. The van der Waals surface area contributed by atoms with E-state index < -0.39 is 0 Å². The van der Waals surface area contributed by atoms with E-state index in [1.807, 2.05) is 17.5 Å². The molecule has 0 radical (unpaired) electrons. The predicted octanol–water partition coefficient (Wildman–Crippen LogP) is 1.28. The van der Waals surface area contributed by atoms with Crippen molar-refractivity contribution in [3.05, 3.63) is 50.3 Å². The van der Waals surface area contributed by atoms with Crippen molar-refractivity contribution in [1.82, 2.24) is 14.9 Å². The third-order valence-electron chi connectivity index (χ3n) is 3.58. The second-order valence-electron chi connectivity index (χ2n) is 5.19. The summed E-state index contributed by atoms with van der Waals surface area (Å²) < 4.78 is 5.49. The molecule has 1 fully saturated rings. The number of nitrogens with one attached hydrogen (secondary N) is 1. The van der Waals surface area contributed by atoms with Gasteiger partial charge in [-0.05, 0) is 18.4 Å². The van der Waals surface area contributed by atoms with Crippen LogP contribution in [-0.4, -0.2) is 40.5 Å². The summed E-state index contributed by atoms with van der Waals surface area (Å²) in [4.78, 5) is 34.0. The van der Waals surface area contributed by atoms with Crippen LogP contribution in [0.4, 0.5) is 0 Å². The molecule has 22 heavy (non-hydrogen) atoms. The summed E-state index contributed by atoms with van der Waals surface area (Å²) in [5, 5.41) is 1.96. The lowest BCUT2D eigenvalue weighted by atomic mass is 10.1. The fourth-order valence-electron chi connectivity index (χ4n) is 2.58. The van der Waals surface area contributed by atoms with E-state index in [2.05, 4.69) is 9.97 Å². The van der Waals surface area contributed by atoms with Gasteiger partial charge in [0, 0.05) is 17.5 Å². The molecule has 3 rings (SSSR count). The first-order valence-electron chi connectivity index (χ1n) is 7.11. The molecule has 7 heteroatoms. The molecule has 0 aliphatic carbocycles. The standard InChI is InChI=1S/C15H17N3O3S/c1-10-16-12(8-14(19)17-10)13-9-21-5-4-18(13)15(20)7-11-3-2-6-22-11/h2-3,6,8,13H,4-5,7,9H2,1H3,(H,16,17,19)/t13-/m1/s1. The number of H-pyrrole nitrogens is 1. The molecule has 6 nitrogen and oxygen atoms in total. The van der Waals surface area contributed by atoms with Crippen LogP contribution in [-0.2, 0) is 16.0 Å². The average molecular weight is 319 g/mol. The number of ether oxygens (including phenoxy) is 1. The van der Waals surface area contributed by atoms with E-state index in [-0.39, 0.29) is 17.5 Å².